The van der Waals surface area contributed by atoms with Crippen molar-refractivity contribution in [2.24, 2.45) is 0 Å². The summed E-state index contributed by atoms with van der Waals surface area (Å²) in [5, 5.41) is 14.1. The minimum absolute atomic E-state index is 0.0429. The number of rotatable bonds is 1. The van der Waals surface area contributed by atoms with E-state index in [2.05, 4.69) is 10.1 Å². The Bertz CT molecular complexity index is 657. The molecule has 1 amide bonds. The van der Waals surface area contributed by atoms with Gasteiger partial charge in [0.05, 0.1) is 22.7 Å². The lowest BCUT2D eigenvalue weighted by Gasteiger charge is -2.29. The number of aryl methyl sites for hydroxylation is 2. The molecule has 20 heavy (non-hydrogen) atoms. The molecule has 3 heterocycles. The molecule has 0 unspecified atom stereocenters. The van der Waals surface area contributed by atoms with Gasteiger partial charge in [-0.05, 0) is 32.8 Å². The number of hydrogen-bond donors (Lipinski definition) is 1. The molecule has 1 N–H and O–H groups in total. The first-order chi connectivity index (χ1) is 9.56. The van der Waals surface area contributed by atoms with Crippen LogP contribution in [-0.4, -0.2) is 45.2 Å². The molecule has 2 aromatic rings. The molecule has 106 valence electrons. The van der Waals surface area contributed by atoms with Gasteiger partial charge < -0.3 is 14.5 Å². The summed E-state index contributed by atoms with van der Waals surface area (Å²) in [6, 6.07) is 1.78. The van der Waals surface area contributed by atoms with Crippen LogP contribution in [0.5, 0.6) is 0 Å². The quantitative estimate of drug-likeness (QED) is 0.851. The molecule has 0 aromatic carbocycles. The monoisotopic (exact) mass is 275 g/mol. The maximum atomic E-state index is 12.7. The van der Waals surface area contributed by atoms with Crippen molar-refractivity contribution < 1.29 is 14.4 Å². The Kier molecular flexibility index (Phi) is 3.17. The average Bonchev–Trinajstić information content (AvgIpc) is 2.79. The molecule has 0 saturated carbocycles. The molecule has 6 nitrogen and oxygen atoms in total. The maximum Gasteiger partial charge on any atom is 0.258 e. The van der Waals surface area contributed by atoms with Crippen molar-refractivity contribution in [2.75, 3.05) is 13.1 Å². The summed E-state index contributed by atoms with van der Waals surface area (Å²) in [7, 11) is 0. The second-order valence-corrected chi connectivity index (χ2v) is 5.28. The highest BCUT2D eigenvalue weighted by Crippen LogP contribution is 2.24. The van der Waals surface area contributed by atoms with Crippen LogP contribution in [0.3, 0.4) is 0 Å². The summed E-state index contributed by atoms with van der Waals surface area (Å²) in [5.41, 5.74) is 2.40. The van der Waals surface area contributed by atoms with E-state index in [1.807, 2.05) is 6.92 Å². The van der Waals surface area contributed by atoms with E-state index in [0.29, 0.717) is 48.3 Å². The van der Waals surface area contributed by atoms with Crippen molar-refractivity contribution in [1.82, 2.24) is 15.0 Å². The molecule has 3 rings (SSSR count). The zero-order valence-corrected chi connectivity index (χ0v) is 11.6. The highest BCUT2D eigenvalue weighted by atomic mass is 16.5. The lowest BCUT2D eigenvalue weighted by Crippen LogP contribution is -2.40. The van der Waals surface area contributed by atoms with Crippen LogP contribution in [0.2, 0.25) is 0 Å². The molecular formula is C14H17N3O3. The van der Waals surface area contributed by atoms with Crippen LogP contribution in [0.4, 0.5) is 0 Å². The molecule has 0 radical (unpaired) electrons. The molecule has 1 saturated heterocycles. The van der Waals surface area contributed by atoms with E-state index in [1.54, 1.807) is 17.9 Å². The van der Waals surface area contributed by atoms with Crippen molar-refractivity contribution in [3.8, 4) is 0 Å². The zero-order valence-electron chi connectivity index (χ0n) is 11.6. The average molecular weight is 275 g/mol. The second kappa shape index (κ2) is 4.86. The number of likely N-dealkylation sites (tertiary alicyclic amines) is 1. The smallest absolute Gasteiger partial charge is 0.258 e. The fraction of sp³-hybridized carbons (Fsp3) is 0.500. The van der Waals surface area contributed by atoms with Gasteiger partial charge in [-0.15, -0.1) is 0 Å². The Hall–Kier alpha value is -1.95. The van der Waals surface area contributed by atoms with Crippen LogP contribution in [0.25, 0.3) is 11.1 Å². The Labute approximate surface area is 116 Å². The Balaban J connectivity index is 2.00. The first kappa shape index (κ1) is 13.1. The summed E-state index contributed by atoms with van der Waals surface area (Å²) in [6.45, 7) is 4.79. The largest absolute Gasteiger partial charge is 0.393 e. The van der Waals surface area contributed by atoms with E-state index in [9.17, 15) is 9.90 Å². The van der Waals surface area contributed by atoms with Crippen LogP contribution in [0.15, 0.2) is 10.6 Å². The molecule has 2 aromatic heterocycles. The minimum Gasteiger partial charge on any atom is -0.393 e. The lowest BCUT2D eigenvalue weighted by atomic mass is 10.0. The maximum absolute atomic E-state index is 12.7. The number of hydrogen-bond acceptors (Lipinski definition) is 5. The summed E-state index contributed by atoms with van der Waals surface area (Å²) in [4.78, 5) is 18.7. The number of aliphatic hydroxyl groups is 1. The van der Waals surface area contributed by atoms with Gasteiger partial charge in [-0.25, -0.2) is 4.98 Å². The van der Waals surface area contributed by atoms with Crippen molar-refractivity contribution in [3.63, 3.8) is 0 Å². The number of amides is 1. The number of aromatic nitrogens is 2. The van der Waals surface area contributed by atoms with Crippen LogP contribution in [-0.2, 0) is 0 Å². The van der Waals surface area contributed by atoms with E-state index in [4.69, 9.17) is 4.52 Å². The van der Waals surface area contributed by atoms with E-state index in [1.165, 1.54) is 0 Å². The van der Waals surface area contributed by atoms with Crippen LogP contribution in [0.1, 0.15) is 34.6 Å². The molecule has 6 heteroatoms. The first-order valence-electron chi connectivity index (χ1n) is 6.77. The summed E-state index contributed by atoms with van der Waals surface area (Å²) < 4.78 is 5.15. The highest BCUT2D eigenvalue weighted by molar-refractivity contribution is 6.06. The van der Waals surface area contributed by atoms with Crippen molar-refractivity contribution in [3.05, 3.63) is 23.0 Å². The van der Waals surface area contributed by atoms with Gasteiger partial charge >= 0.3 is 0 Å². The van der Waals surface area contributed by atoms with E-state index in [-0.39, 0.29) is 12.0 Å². The van der Waals surface area contributed by atoms with E-state index in [0.717, 1.165) is 5.69 Å². The van der Waals surface area contributed by atoms with Crippen LogP contribution in [0, 0.1) is 13.8 Å². The van der Waals surface area contributed by atoms with E-state index >= 15 is 0 Å². The van der Waals surface area contributed by atoms with Crippen LogP contribution >= 0.6 is 0 Å². The van der Waals surface area contributed by atoms with Gasteiger partial charge in [-0.3, -0.25) is 4.79 Å². The second-order valence-electron chi connectivity index (χ2n) is 5.28. The molecule has 0 bridgehead atoms. The third-order valence-corrected chi connectivity index (χ3v) is 3.73. The molecule has 1 fully saturated rings. The standard InChI is InChI=1S/C14H17N3O3/c1-8-7-11(12-9(2)16-20-13(12)15-8)14(19)17-5-3-10(18)4-6-17/h7,10,18H,3-6H2,1-2H3. The molecule has 0 spiro atoms. The molecule has 1 aliphatic rings. The molecule has 0 aliphatic carbocycles. The number of carbonyl (C=O) groups is 1. The number of piperidine rings is 1. The number of carbonyl (C=O) groups excluding carboxylic acids is 1. The van der Waals surface area contributed by atoms with Gasteiger partial charge in [0.1, 0.15) is 0 Å². The summed E-state index contributed by atoms with van der Waals surface area (Å²) >= 11 is 0. The van der Waals surface area contributed by atoms with Gasteiger partial charge in [0.2, 0.25) is 0 Å². The van der Waals surface area contributed by atoms with Crippen molar-refractivity contribution in [1.29, 1.82) is 0 Å². The number of pyridine rings is 1. The number of aliphatic hydroxyl groups excluding tert-OH is 1. The summed E-state index contributed by atoms with van der Waals surface area (Å²) in [6.07, 6.45) is 0.957. The third-order valence-electron chi connectivity index (χ3n) is 3.73. The topological polar surface area (TPSA) is 79.5 Å². The normalized spacial score (nSPS) is 16.9. The van der Waals surface area contributed by atoms with Gasteiger partial charge in [0.15, 0.2) is 0 Å². The predicted octanol–water partition coefficient (Wildman–Crippen LogP) is 1.44. The fourth-order valence-electron chi connectivity index (χ4n) is 2.63. The molecular weight excluding hydrogens is 258 g/mol. The van der Waals surface area contributed by atoms with Gasteiger partial charge in [0, 0.05) is 18.8 Å². The Morgan fingerprint density at radius 2 is 2.10 bits per heavy atom. The van der Waals surface area contributed by atoms with Crippen molar-refractivity contribution >= 4 is 17.0 Å². The molecule has 1 aliphatic heterocycles. The number of nitrogens with zero attached hydrogens (tertiary/aromatic N) is 3. The fourth-order valence-corrected chi connectivity index (χ4v) is 2.63. The van der Waals surface area contributed by atoms with Gasteiger partial charge in [-0.1, -0.05) is 5.16 Å². The van der Waals surface area contributed by atoms with Crippen LogP contribution < -0.4 is 0 Å². The third kappa shape index (κ3) is 2.16. The lowest BCUT2D eigenvalue weighted by molar-refractivity contribution is 0.0548. The Morgan fingerprint density at radius 1 is 1.40 bits per heavy atom. The minimum atomic E-state index is -0.296. The Morgan fingerprint density at radius 3 is 2.80 bits per heavy atom. The summed E-state index contributed by atoms with van der Waals surface area (Å²) in [5.74, 6) is -0.0429. The predicted molar refractivity (Wildman–Crippen MR) is 72.4 cm³/mol. The highest BCUT2D eigenvalue weighted by Gasteiger charge is 2.25. The van der Waals surface area contributed by atoms with E-state index < -0.39 is 0 Å². The molecule has 0 atom stereocenters. The zero-order chi connectivity index (χ0) is 14.3. The first-order valence-corrected chi connectivity index (χ1v) is 6.77. The van der Waals surface area contributed by atoms with Gasteiger partial charge in [-0.2, -0.15) is 0 Å². The number of fused-ring (bicyclic) bond motifs is 1. The van der Waals surface area contributed by atoms with Crippen molar-refractivity contribution in [2.45, 2.75) is 32.8 Å². The van der Waals surface area contributed by atoms with Gasteiger partial charge in [0.25, 0.3) is 11.6 Å². The SMILES string of the molecule is Cc1cc(C(=O)N2CCC(O)CC2)c2c(C)noc2n1.